The normalized spacial score (nSPS) is 14.7. The maximum atomic E-state index is 12.1. The van der Waals surface area contributed by atoms with E-state index in [0.29, 0.717) is 13.0 Å². The summed E-state index contributed by atoms with van der Waals surface area (Å²) in [6, 6.07) is -1.20. The Morgan fingerprint density at radius 1 is 1.04 bits per heavy atom. The van der Waals surface area contributed by atoms with Gasteiger partial charge >= 0.3 is 11.9 Å². The Balaban J connectivity index is 0. The van der Waals surface area contributed by atoms with Gasteiger partial charge in [0, 0.05) is 0 Å². The van der Waals surface area contributed by atoms with Gasteiger partial charge in [-0.1, -0.05) is 0 Å². The Morgan fingerprint density at radius 2 is 1.54 bits per heavy atom. The molecular formula is C12H24F4N4O4. The minimum atomic E-state index is -3.07. The van der Waals surface area contributed by atoms with Gasteiger partial charge in [-0.2, -0.15) is 8.78 Å². The van der Waals surface area contributed by atoms with Crippen molar-refractivity contribution in [1.82, 2.24) is 5.32 Å². The number of nitrogens with one attached hydrogen (secondary N) is 1. The summed E-state index contributed by atoms with van der Waals surface area (Å²) in [5.74, 6) is -2.96. The molecule has 24 heavy (non-hydrogen) atoms. The third-order valence-electron chi connectivity index (χ3n) is 2.90. The van der Waals surface area contributed by atoms with Crippen molar-refractivity contribution in [2.45, 2.75) is 50.2 Å². The van der Waals surface area contributed by atoms with E-state index >= 15 is 0 Å². The first-order valence-electron chi connectivity index (χ1n) is 7.00. The van der Waals surface area contributed by atoms with E-state index in [1.807, 2.05) is 0 Å². The molecule has 2 atom stereocenters. The molecule has 0 aromatic rings. The maximum absolute atomic E-state index is 12.1. The first-order chi connectivity index (χ1) is 11.0. The predicted octanol–water partition coefficient (Wildman–Crippen LogP) is -0.237. The van der Waals surface area contributed by atoms with Crippen molar-refractivity contribution in [2.24, 2.45) is 17.2 Å². The average Bonchev–Trinajstić information content (AvgIpc) is 2.48. The first-order valence-corrected chi connectivity index (χ1v) is 7.00. The standard InChI is InChI=1S/2C6H12F2N2O2/c7-4(8)6(10,5(11)12)2-1-3-9;7-6(8)10-4(5(11)12)2-1-3-9/h4H,1-3,9-10H2,(H,11,12);4,6,10H,1-3,9H2,(H,11,12)/t6-;4-/m10/s1. The van der Waals surface area contributed by atoms with Crippen LogP contribution >= 0.6 is 0 Å². The number of aliphatic carboxylic acids is 2. The highest BCUT2D eigenvalue weighted by Crippen LogP contribution is 2.18. The Bertz CT molecular complexity index is 377. The summed E-state index contributed by atoms with van der Waals surface area (Å²) in [7, 11) is 0. The number of nitrogens with two attached hydrogens (primary N) is 3. The molecule has 0 saturated carbocycles. The van der Waals surface area contributed by atoms with Crippen molar-refractivity contribution in [3.8, 4) is 0 Å². The fourth-order valence-electron chi connectivity index (χ4n) is 1.46. The van der Waals surface area contributed by atoms with E-state index in [-0.39, 0.29) is 25.8 Å². The van der Waals surface area contributed by atoms with Crippen LogP contribution in [0.5, 0.6) is 0 Å². The molecular weight excluding hydrogens is 340 g/mol. The van der Waals surface area contributed by atoms with E-state index < -0.39 is 36.5 Å². The van der Waals surface area contributed by atoms with Crippen LogP contribution in [0.4, 0.5) is 17.6 Å². The second-order valence-electron chi connectivity index (χ2n) is 4.83. The molecule has 144 valence electrons. The highest BCUT2D eigenvalue weighted by Gasteiger charge is 2.42. The fourth-order valence-corrected chi connectivity index (χ4v) is 1.46. The molecule has 0 rings (SSSR count). The molecule has 0 radical (unpaired) electrons. The Hall–Kier alpha value is -1.50. The number of carbonyl (C=O) groups is 2. The van der Waals surface area contributed by atoms with E-state index in [2.05, 4.69) is 0 Å². The number of hydrogen-bond donors (Lipinski definition) is 6. The maximum Gasteiger partial charge on any atom is 0.329 e. The van der Waals surface area contributed by atoms with Gasteiger partial charge in [0.2, 0.25) is 0 Å². The summed E-state index contributed by atoms with van der Waals surface area (Å²) >= 11 is 0. The van der Waals surface area contributed by atoms with E-state index in [4.69, 9.17) is 27.4 Å². The van der Waals surface area contributed by atoms with Crippen LogP contribution in [0.1, 0.15) is 25.7 Å². The molecule has 12 heteroatoms. The van der Waals surface area contributed by atoms with Crippen LogP contribution in [0, 0.1) is 0 Å². The zero-order valence-electron chi connectivity index (χ0n) is 12.9. The number of rotatable bonds is 11. The average molecular weight is 364 g/mol. The zero-order valence-corrected chi connectivity index (χ0v) is 12.9. The van der Waals surface area contributed by atoms with Crippen molar-refractivity contribution in [3.05, 3.63) is 0 Å². The second kappa shape index (κ2) is 12.9. The lowest BCUT2D eigenvalue weighted by molar-refractivity contribution is -0.150. The van der Waals surface area contributed by atoms with Gasteiger partial charge in [0.15, 0.2) is 5.54 Å². The summed E-state index contributed by atoms with van der Waals surface area (Å²) in [4.78, 5) is 20.6. The third kappa shape index (κ3) is 10.3. The van der Waals surface area contributed by atoms with Gasteiger partial charge in [0.25, 0.3) is 13.0 Å². The zero-order chi connectivity index (χ0) is 19.3. The Kier molecular flexibility index (Phi) is 13.3. The number of halogens is 4. The second-order valence-corrected chi connectivity index (χ2v) is 4.83. The van der Waals surface area contributed by atoms with Crippen LogP contribution in [-0.4, -0.2) is 59.8 Å². The number of hydrogen-bond acceptors (Lipinski definition) is 6. The van der Waals surface area contributed by atoms with Gasteiger partial charge in [0.05, 0.1) is 0 Å². The smallest absolute Gasteiger partial charge is 0.329 e. The van der Waals surface area contributed by atoms with E-state index in [9.17, 15) is 27.2 Å². The quantitative estimate of drug-likeness (QED) is 0.216. The summed E-state index contributed by atoms with van der Waals surface area (Å²) in [6.45, 7) is -2.35. The molecule has 0 aliphatic rings. The molecule has 0 aromatic carbocycles. The molecule has 0 amide bonds. The van der Waals surface area contributed by atoms with Gasteiger partial charge in [-0.05, 0) is 38.8 Å². The molecule has 0 aromatic heterocycles. The van der Waals surface area contributed by atoms with Crippen LogP contribution in [-0.2, 0) is 9.59 Å². The monoisotopic (exact) mass is 364 g/mol. The largest absolute Gasteiger partial charge is 0.480 e. The van der Waals surface area contributed by atoms with Crippen molar-refractivity contribution < 1.29 is 37.4 Å². The fraction of sp³-hybridized carbons (Fsp3) is 0.833. The lowest BCUT2D eigenvalue weighted by Crippen LogP contribution is -2.54. The molecule has 0 heterocycles. The van der Waals surface area contributed by atoms with Gasteiger partial charge < -0.3 is 27.4 Å². The SMILES string of the molecule is NCCC[C@H](NC(F)F)C(=O)O.NCCC[C@](N)(C(=O)O)C(F)F. The molecule has 0 spiro atoms. The summed E-state index contributed by atoms with van der Waals surface area (Å²) in [5.41, 5.74) is 12.7. The lowest BCUT2D eigenvalue weighted by atomic mass is 9.95. The van der Waals surface area contributed by atoms with Crippen LogP contribution in [0.3, 0.4) is 0 Å². The molecule has 0 fully saturated rings. The van der Waals surface area contributed by atoms with Crippen molar-refractivity contribution in [2.75, 3.05) is 13.1 Å². The predicted molar refractivity (Wildman–Crippen MR) is 77.7 cm³/mol. The molecule has 8 nitrogen and oxygen atoms in total. The van der Waals surface area contributed by atoms with Gasteiger partial charge in [-0.15, -0.1) is 0 Å². The van der Waals surface area contributed by atoms with Crippen molar-refractivity contribution >= 4 is 11.9 Å². The van der Waals surface area contributed by atoms with E-state index in [1.165, 1.54) is 0 Å². The minimum absolute atomic E-state index is 0.121. The number of alkyl halides is 4. The third-order valence-corrected chi connectivity index (χ3v) is 2.90. The number of carboxylic acids is 2. The highest BCUT2D eigenvalue weighted by atomic mass is 19.3. The van der Waals surface area contributed by atoms with Gasteiger partial charge in [-0.3, -0.25) is 4.79 Å². The van der Waals surface area contributed by atoms with Crippen LogP contribution in [0.25, 0.3) is 0 Å². The first kappa shape index (κ1) is 24.7. The minimum Gasteiger partial charge on any atom is -0.480 e. The van der Waals surface area contributed by atoms with Crippen molar-refractivity contribution in [1.29, 1.82) is 0 Å². The molecule has 0 aliphatic heterocycles. The number of carboxylic acid groups (broad SMARTS) is 2. The van der Waals surface area contributed by atoms with Crippen LogP contribution in [0.2, 0.25) is 0 Å². The van der Waals surface area contributed by atoms with Crippen LogP contribution < -0.4 is 22.5 Å². The van der Waals surface area contributed by atoms with Gasteiger partial charge in [-0.25, -0.2) is 18.9 Å². The molecule has 0 aliphatic carbocycles. The summed E-state index contributed by atoms with van der Waals surface area (Å²) < 4.78 is 47.6. The molecule has 9 N–H and O–H groups in total. The summed E-state index contributed by atoms with van der Waals surface area (Å²) in [6.07, 6.45) is -2.67. The molecule has 0 saturated heterocycles. The Morgan fingerprint density at radius 3 is 1.83 bits per heavy atom. The summed E-state index contributed by atoms with van der Waals surface area (Å²) in [5, 5.41) is 18.4. The molecule has 0 unspecified atom stereocenters. The van der Waals surface area contributed by atoms with E-state index in [0.717, 1.165) is 0 Å². The lowest BCUT2D eigenvalue weighted by Gasteiger charge is -2.22. The topological polar surface area (TPSA) is 165 Å². The van der Waals surface area contributed by atoms with E-state index in [1.54, 1.807) is 5.32 Å². The molecule has 0 bridgehead atoms. The van der Waals surface area contributed by atoms with Crippen molar-refractivity contribution in [3.63, 3.8) is 0 Å². The highest BCUT2D eigenvalue weighted by molar-refractivity contribution is 5.79. The van der Waals surface area contributed by atoms with Crippen LogP contribution in [0.15, 0.2) is 0 Å². The Labute approximate surface area is 136 Å². The van der Waals surface area contributed by atoms with Gasteiger partial charge in [0.1, 0.15) is 6.04 Å².